The van der Waals surface area contributed by atoms with Crippen LogP contribution in [0.3, 0.4) is 0 Å². The number of anilines is 1. The SMILES string of the molecule is CSc1nccc(N2C[C@H]3CC[C@@H](C2)N(Cc2c(C)noc2C)C3=O)n1. The molecule has 0 unspecified atom stereocenters. The molecule has 0 N–H and O–H groups in total. The van der Waals surface area contributed by atoms with Crippen molar-refractivity contribution in [1.82, 2.24) is 20.0 Å². The molecular formula is C18H23N5O2S. The number of carbonyl (C=O) groups excluding carboxylic acids is 1. The molecule has 0 saturated carbocycles. The van der Waals surface area contributed by atoms with E-state index in [1.807, 2.05) is 31.1 Å². The first-order chi connectivity index (χ1) is 12.6. The number of piperidine rings is 1. The molecule has 2 bridgehead atoms. The van der Waals surface area contributed by atoms with Crippen molar-refractivity contribution >= 4 is 23.5 Å². The molecule has 3 aliphatic heterocycles. The van der Waals surface area contributed by atoms with Crippen LogP contribution in [0.1, 0.15) is 29.9 Å². The summed E-state index contributed by atoms with van der Waals surface area (Å²) in [6.07, 6.45) is 5.74. The summed E-state index contributed by atoms with van der Waals surface area (Å²) in [6, 6.07) is 2.12. The molecular weight excluding hydrogens is 350 g/mol. The molecule has 26 heavy (non-hydrogen) atoms. The Bertz CT molecular complexity index is 804. The van der Waals surface area contributed by atoms with Gasteiger partial charge >= 0.3 is 0 Å². The summed E-state index contributed by atoms with van der Waals surface area (Å²) >= 11 is 1.53. The van der Waals surface area contributed by atoms with Gasteiger partial charge < -0.3 is 14.3 Å². The number of nitrogens with zero attached hydrogens (tertiary/aromatic N) is 5. The van der Waals surface area contributed by atoms with Crippen LogP contribution in [-0.4, -0.2) is 51.3 Å². The van der Waals surface area contributed by atoms with Crippen molar-refractivity contribution in [2.75, 3.05) is 24.2 Å². The Balaban J connectivity index is 1.60. The maximum absolute atomic E-state index is 13.1. The van der Waals surface area contributed by atoms with Crippen LogP contribution in [0.2, 0.25) is 0 Å². The van der Waals surface area contributed by atoms with E-state index in [0.29, 0.717) is 6.54 Å². The van der Waals surface area contributed by atoms with Gasteiger partial charge in [0.15, 0.2) is 5.16 Å². The number of amides is 1. The second-order valence-corrected chi connectivity index (χ2v) is 7.78. The molecule has 0 radical (unpaired) electrons. The fourth-order valence-corrected chi connectivity index (χ4v) is 4.29. The highest BCUT2D eigenvalue weighted by Gasteiger charge is 2.41. The number of carbonyl (C=O) groups is 1. The van der Waals surface area contributed by atoms with Gasteiger partial charge in [-0.3, -0.25) is 4.79 Å². The first kappa shape index (κ1) is 17.3. The van der Waals surface area contributed by atoms with Gasteiger partial charge in [-0.15, -0.1) is 0 Å². The third-order valence-corrected chi connectivity index (χ3v) is 5.99. The van der Waals surface area contributed by atoms with Gasteiger partial charge in [0, 0.05) is 30.9 Å². The fourth-order valence-electron chi connectivity index (χ4n) is 3.94. The summed E-state index contributed by atoms with van der Waals surface area (Å²) in [5.41, 5.74) is 1.90. The first-order valence-corrected chi connectivity index (χ1v) is 10.1. The van der Waals surface area contributed by atoms with E-state index in [4.69, 9.17) is 4.52 Å². The van der Waals surface area contributed by atoms with Gasteiger partial charge in [-0.05, 0) is 39.0 Å². The van der Waals surface area contributed by atoms with E-state index in [9.17, 15) is 4.79 Å². The molecule has 1 amide bonds. The summed E-state index contributed by atoms with van der Waals surface area (Å²) in [5, 5.41) is 4.79. The van der Waals surface area contributed by atoms with E-state index in [1.165, 1.54) is 11.8 Å². The first-order valence-electron chi connectivity index (χ1n) is 8.91. The van der Waals surface area contributed by atoms with Crippen molar-refractivity contribution in [2.24, 2.45) is 5.92 Å². The largest absolute Gasteiger partial charge is 0.361 e. The number of rotatable bonds is 4. The summed E-state index contributed by atoms with van der Waals surface area (Å²) in [6.45, 7) is 5.94. The molecule has 2 aromatic heterocycles. The van der Waals surface area contributed by atoms with E-state index >= 15 is 0 Å². The van der Waals surface area contributed by atoms with Crippen LogP contribution in [0.5, 0.6) is 0 Å². The number of hydrogen-bond acceptors (Lipinski definition) is 7. The van der Waals surface area contributed by atoms with E-state index < -0.39 is 0 Å². The number of hydrogen-bond donors (Lipinski definition) is 0. The number of aryl methyl sites for hydroxylation is 2. The highest BCUT2D eigenvalue weighted by Crippen LogP contribution is 2.33. The Labute approximate surface area is 157 Å². The van der Waals surface area contributed by atoms with Crippen LogP contribution < -0.4 is 4.90 Å². The van der Waals surface area contributed by atoms with Crippen molar-refractivity contribution in [3.8, 4) is 0 Å². The minimum absolute atomic E-state index is 0.0157. The lowest BCUT2D eigenvalue weighted by Crippen LogP contribution is -2.47. The van der Waals surface area contributed by atoms with E-state index in [2.05, 4.69) is 20.0 Å². The molecule has 8 heteroatoms. The standard InChI is InChI=1S/C18H23N5O2S/c1-11-15(12(2)25-21-11)10-23-14-5-4-13(17(23)24)8-22(9-14)16-6-7-19-18(20-16)26-3/h6-7,13-14H,4-5,8-10H2,1-3H3/t13-,14+/m1/s1. The molecule has 0 aromatic carbocycles. The average Bonchev–Trinajstić information content (AvgIpc) is 2.83. The molecule has 5 rings (SSSR count). The van der Waals surface area contributed by atoms with Crippen LogP contribution in [0.25, 0.3) is 0 Å². The Morgan fingerprint density at radius 3 is 2.88 bits per heavy atom. The zero-order chi connectivity index (χ0) is 18.3. The molecule has 7 nitrogen and oxygen atoms in total. The minimum atomic E-state index is 0.0157. The molecule has 2 aromatic rings. The monoisotopic (exact) mass is 373 g/mol. The quantitative estimate of drug-likeness (QED) is 0.602. The van der Waals surface area contributed by atoms with Gasteiger partial charge in [-0.1, -0.05) is 16.9 Å². The maximum atomic E-state index is 13.1. The summed E-state index contributed by atoms with van der Waals surface area (Å²) in [4.78, 5) is 26.2. The average molecular weight is 373 g/mol. The Kier molecular flexibility index (Phi) is 4.60. The lowest BCUT2D eigenvalue weighted by Gasteiger charge is -2.35. The third-order valence-electron chi connectivity index (χ3n) is 5.43. The molecule has 3 fully saturated rings. The molecule has 138 valence electrons. The topological polar surface area (TPSA) is 75.4 Å². The van der Waals surface area contributed by atoms with Gasteiger partial charge in [-0.25, -0.2) is 9.97 Å². The molecule has 0 spiro atoms. The van der Waals surface area contributed by atoms with Crippen LogP contribution >= 0.6 is 11.8 Å². The lowest BCUT2D eigenvalue weighted by molar-refractivity contribution is -0.140. The van der Waals surface area contributed by atoms with Crippen molar-refractivity contribution in [3.05, 3.63) is 29.3 Å². The van der Waals surface area contributed by atoms with Crippen LogP contribution in [0.15, 0.2) is 21.9 Å². The number of fused-ring (bicyclic) bond motifs is 4. The summed E-state index contributed by atoms with van der Waals surface area (Å²) in [5.74, 6) is 1.96. The van der Waals surface area contributed by atoms with Crippen LogP contribution in [0.4, 0.5) is 5.82 Å². The second-order valence-electron chi connectivity index (χ2n) is 7.00. The Hall–Kier alpha value is -2.09. The molecule has 3 saturated heterocycles. The van der Waals surface area contributed by atoms with E-state index in [1.54, 1.807) is 6.20 Å². The van der Waals surface area contributed by atoms with Gasteiger partial charge in [0.05, 0.1) is 18.2 Å². The number of thioether (sulfide) groups is 1. The van der Waals surface area contributed by atoms with Crippen molar-refractivity contribution in [1.29, 1.82) is 0 Å². The maximum Gasteiger partial charge on any atom is 0.228 e. The van der Waals surface area contributed by atoms with Crippen molar-refractivity contribution in [3.63, 3.8) is 0 Å². The normalized spacial score (nSPS) is 22.8. The Morgan fingerprint density at radius 2 is 2.15 bits per heavy atom. The number of aromatic nitrogens is 3. The molecule has 2 atom stereocenters. The summed E-state index contributed by atoms with van der Waals surface area (Å²) < 4.78 is 5.28. The van der Waals surface area contributed by atoms with Gasteiger partial charge in [0.1, 0.15) is 11.6 Å². The fraction of sp³-hybridized carbons (Fsp3) is 0.556. The second kappa shape index (κ2) is 6.90. The minimum Gasteiger partial charge on any atom is -0.361 e. The van der Waals surface area contributed by atoms with Gasteiger partial charge in [0.25, 0.3) is 0 Å². The zero-order valence-electron chi connectivity index (χ0n) is 15.3. The molecule has 3 aliphatic rings. The van der Waals surface area contributed by atoms with E-state index in [0.717, 1.165) is 53.9 Å². The van der Waals surface area contributed by atoms with Gasteiger partial charge in [-0.2, -0.15) is 0 Å². The van der Waals surface area contributed by atoms with E-state index in [-0.39, 0.29) is 17.9 Å². The zero-order valence-corrected chi connectivity index (χ0v) is 16.1. The Morgan fingerprint density at radius 1 is 1.31 bits per heavy atom. The summed E-state index contributed by atoms with van der Waals surface area (Å²) in [7, 11) is 0. The van der Waals surface area contributed by atoms with Gasteiger partial charge in [0.2, 0.25) is 5.91 Å². The molecule has 5 heterocycles. The highest BCUT2D eigenvalue weighted by molar-refractivity contribution is 7.98. The van der Waals surface area contributed by atoms with Crippen molar-refractivity contribution < 1.29 is 9.32 Å². The molecule has 0 aliphatic carbocycles. The lowest BCUT2D eigenvalue weighted by atomic mass is 9.93. The van der Waals surface area contributed by atoms with Crippen LogP contribution in [0, 0.1) is 19.8 Å². The van der Waals surface area contributed by atoms with Crippen LogP contribution in [-0.2, 0) is 11.3 Å². The van der Waals surface area contributed by atoms with Crippen molar-refractivity contribution in [2.45, 2.75) is 44.4 Å². The third kappa shape index (κ3) is 3.06. The smallest absolute Gasteiger partial charge is 0.228 e. The predicted molar refractivity (Wildman–Crippen MR) is 99.1 cm³/mol. The highest BCUT2D eigenvalue weighted by atomic mass is 32.2. The predicted octanol–water partition coefficient (Wildman–Crippen LogP) is 2.43.